The van der Waals surface area contributed by atoms with Crippen molar-refractivity contribution < 1.29 is 24.2 Å². The van der Waals surface area contributed by atoms with E-state index >= 15 is 0 Å². The first-order valence-electron chi connectivity index (χ1n) is 11.5. The zero-order chi connectivity index (χ0) is 27.0. The van der Waals surface area contributed by atoms with Crippen LogP contribution >= 0.6 is 0 Å². The molecule has 0 saturated heterocycles. The molecule has 0 saturated carbocycles. The van der Waals surface area contributed by atoms with Crippen molar-refractivity contribution in [1.29, 1.82) is 0 Å². The average Bonchev–Trinajstić information content (AvgIpc) is 2.93. The summed E-state index contributed by atoms with van der Waals surface area (Å²) in [4.78, 5) is 28.7. The lowest BCUT2D eigenvalue weighted by molar-refractivity contribution is -0.115. The quantitative estimate of drug-likeness (QED) is 0.328. The predicted octanol–water partition coefficient (Wildman–Crippen LogP) is 3.68. The van der Waals surface area contributed by atoms with Crippen molar-refractivity contribution >= 4 is 12.2 Å². The molecule has 2 atom stereocenters. The molecule has 7 heteroatoms. The highest BCUT2D eigenvalue weighted by Crippen LogP contribution is 2.31. The van der Waals surface area contributed by atoms with Crippen molar-refractivity contribution in [2.45, 2.75) is 31.4 Å². The molecule has 1 heterocycles. The number of aromatic nitrogens is 1. The van der Waals surface area contributed by atoms with Crippen LogP contribution in [0.1, 0.15) is 52.5 Å². The summed E-state index contributed by atoms with van der Waals surface area (Å²) in [5.41, 5.74) is 1.77. The Kier molecular flexibility index (Phi) is 8.68. The first-order chi connectivity index (χ1) is 17.7. The lowest BCUT2D eigenvalue weighted by atomic mass is 9.86. The topological polar surface area (TPSA) is 97.8 Å². The summed E-state index contributed by atoms with van der Waals surface area (Å²) in [7, 11) is 1.36. The minimum absolute atomic E-state index is 0.0902. The average molecular weight is 497 g/mol. The number of nitrogens with zero attached hydrogens (tertiary/aromatic N) is 1. The van der Waals surface area contributed by atoms with Gasteiger partial charge in [0.2, 0.25) is 0 Å². The molecule has 0 radical (unpaired) electrons. The van der Waals surface area contributed by atoms with Crippen molar-refractivity contribution in [3.8, 4) is 36.2 Å². The van der Waals surface area contributed by atoms with Crippen LogP contribution in [0.3, 0.4) is 0 Å². The molecule has 2 N–H and O–H groups in total. The van der Waals surface area contributed by atoms with Gasteiger partial charge in [0.25, 0.3) is 5.91 Å². The Hall–Kier alpha value is -4.59. The molecule has 0 unspecified atom stereocenters. The van der Waals surface area contributed by atoms with Crippen LogP contribution in [0.4, 0.5) is 0 Å². The van der Waals surface area contributed by atoms with Crippen molar-refractivity contribution in [2.24, 2.45) is 0 Å². The molecule has 0 fully saturated rings. The van der Waals surface area contributed by atoms with Gasteiger partial charge in [-0.15, -0.1) is 12.8 Å². The maximum atomic E-state index is 12.8. The van der Waals surface area contributed by atoms with Crippen LogP contribution in [0.5, 0.6) is 11.5 Å². The van der Waals surface area contributed by atoms with Gasteiger partial charge < -0.3 is 24.7 Å². The first kappa shape index (κ1) is 27.0. The van der Waals surface area contributed by atoms with E-state index < -0.39 is 23.3 Å². The summed E-state index contributed by atoms with van der Waals surface area (Å²) in [6.45, 7) is 3.28. The minimum atomic E-state index is -1.40. The third-order valence-electron chi connectivity index (χ3n) is 5.97. The third kappa shape index (κ3) is 6.35. The molecular formula is C30H28N2O5. The highest BCUT2D eigenvalue weighted by Gasteiger charge is 2.31. The molecule has 3 aromatic rings. The number of hydrogen-bond donors (Lipinski definition) is 2. The van der Waals surface area contributed by atoms with Crippen molar-refractivity contribution in [3.05, 3.63) is 88.7 Å². The molecule has 0 aliphatic carbocycles. The van der Waals surface area contributed by atoms with E-state index in [1.807, 2.05) is 55.5 Å². The summed E-state index contributed by atoms with van der Waals surface area (Å²) in [6, 6.07) is 16.6. The Bertz CT molecular complexity index is 1280. The van der Waals surface area contributed by atoms with E-state index in [2.05, 4.69) is 22.1 Å². The number of rotatable bonds is 10. The molecule has 1 aromatic heterocycles. The van der Waals surface area contributed by atoms with Crippen molar-refractivity contribution in [1.82, 2.24) is 10.3 Å². The fourth-order valence-corrected chi connectivity index (χ4v) is 3.89. The van der Waals surface area contributed by atoms with Crippen LogP contribution in [0.2, 0.25) is 0 Å². The molecule has 0 aliphatic heterocycles. The fourth-order valence-electron chi connectivity index (χ4n) is 3.89. The Labute approximate surface area is 216 Å². The van der Waals surface area contributed by atoms with Crippen LogP contribution < -0.4 is 10.1 Å². The predicted molar refractivity (Wildman–Crippen MR) is 140 cm³/mol. The van der Waals surface area contributed by atoms with E-state index in [-0.39, 0.29) is 24.0 Å². The number of hydrogen-bond acceptors (Lipinski definition) is 6. The van der Waals surface area contributed by atoms with E-state index in [4.69, 9.17) is 22.3 Å². The first-order valence-corrected chi connectivity index (χ1v) is 11.5. The Morgan fingerprint density at radius 1 is 1.08 bits per heavy atom. The number of terminal acetylenes is 2. The van der Waals surface area contributed by atoms with E-state index in [9.17, 15) is 14.7 Å². The Morgan fingerprint density at radius 2 is 1.62 bits per heavy atom. The summed E-state index contributed by atoms with van der Waals surface area (Å²) in [5, 5.41) is 12.9. The standard InChI is InChI=1S/C30H28N2O5/c1-6-21-8-12-23(13-9-21)26(24-14-10-22(7-2)11-15-24)20(3)37-19-30(4,18-33)32-29(35)27-28(34)25(36-5)16-17-31-27/h1-2,8-18,20,26,34H,19H2,3-5H3,(H,32,35)/t20-,30-/m0/s1. The monoisotopic (exact) mass is 496 g/mol. The van der Waals surface area contributed by atoms with Gasteiger partial charge in [0.05, 0.1) is 19.8 Å². The maximum Gasteiger partial charge on any atom is 0.274 e. The lowest BCUT2D eigenvalue weighted by Gasteiger charge is -2.30. The maximum absolute atomic E-state index is 12.8. The highest BCUT2D eigenvalue weighted by molar-refractivity contribution is 5.97. The molecule has 1 amide bonds. The molecular weight excluding hydrogens is 468 g/mol. The number of pyridine rings is 1. The number of aldehydes is 1. The second-order valence-electron chi connectivity index (χ2n) is 8.73. The molecule has 0 spiro atoms. The second kappa shape index (κ2) is 11.9. The number of methoxy groups -OCH3 is 1. The molecule has 7 nitrogen and oxygen atoms in total. The third-order valence-corrected chi connectivity index (χ3v) is 5.97. The Morgan fingerprint density at radius 3 is 2.08 bits per heavy atom. The molecule has 3 rings (SSSR count). The van der Waals surface area contributed by atoms with Crippen LogP contribution in [0, 0.1) is 24.7 Å². The smallest absolute Gasteiger partial charge is 0.274 e. The van der Waals surface area contributed by atoms with Crippen molar-refractivity contribution in [2.75, 3.05) is 13.7 Å². The number of ether oxygens (including phenoxy) is 2. The number of amides is 1. The van der Waals surface area contributed by atoms with Gasteiger partial charge in [-0.3, -0.25) is 4.79 Å². The molecule has 0 aliphatic rings. The van der Waals surface area contributed by atoms with E-state index in [0.717, 1.165) is 22.3 Å². The zero-order valence-electron chi connectivity index (χ0n) is 20.9. The number of benzene rings is 2. The van der Waals surface area contributed by atoms with Crippen LogP contribution in [-0.2, 0) is 9.53 Å². The summed E-state index contributed by atoms with van der Waals surface area (Å²) in [6.07, 6.45) is 12.5. The summed E-state index contributed by atoms with van der Waals surface area (Å²) >= 11 is 0. The molecule has 0 bridgehead atoms. The highest BCUT2D eigenvalue weighted by atomic mass is 16.5. The molecule has 188 valence electrons. The Balaban J connectivity index is 1.82. The number of carbonyl (C=O) groups excluding carboxylic acids is 2. The van der Waals surface area contributed by atoms with Gasteiger partial charge in [0.1, 0.15) is 11.8 Å². The second-order valence-corrected chi connectivity index (χ2v) is 8.73. The van der Waals surface area contributed by atoms with Gasteiger partial charge in [-0.1, -0.05) is 36.1 Å². The number of nitrogens with one attached hydrogen (secondary N) is 1. The van der Waals surface area contributed by atoms with Crippen LogP contribution in [0.25, 0.3) is 0 Å². The largest absolute Gasteiger partial charge is 0.503 e. The zero-order valence-corrected chi connectivity index (χ0v) is 20.9. The lowest BCUT2D eigenvalue weighted by Crippen LogP contribution is -2.51. The van der Waals surface area contributed by atoms with Crippen molar-refractivity contribution in [3.63, 3.8) is 0 Å². The van der Waals surface area contributed by atoms with Crippen LogP contribution in [0.15, 0.2) is 60.8 Å². The van der Waals surface area contributed by atoms with E-state index in [1.165, 1.54) is 26.3 Å². The van der Waals surface area contributed by atoms with Gasteiger partial charge in [0, 0.05) is 29.3 Å². The van der Waals surface area contributed by atoms with Gasteiger partial charge in [-0.2, -0.15) is 0 Å². The minimum Gasteiger partial charge on any atom is -0.503 e. The molecule has 37 heavy (non-hydrogen) atoms. The molecule has 2 aromatic carbocycles. The van der Waals surface area contributed by atoms with Gasteiger partial charge >= 0.3 is 0 Å². The SMILES string of the molecule is C#Cc1ccc(C(c2ccc(C#C)cc2)[C@H](C)OC[C@](C)(C=O)NC(=O)c2nccc(OC)c2O)cc1. The van der Waals surface area contributed by atoms with Gasteiger partial charge in [-0.25, -0.2) is 4.98 Å². The normalized spacial score (nSPS) is 13.0. The fraction of sp³-hybridized carbons (Fsp3) is 0.233. The van der Waals surface area contributed by atoms with Gasteiger partial charge in [-0.05, 0) is 49.2 Å². The summed E-state index contributed by atoms with van der Waals surface area (Å²) < 4.78 is 11.2. The van der Waals surface area contributed by atoms with Crippen LogP contribution in [-0.4, -0.2) is 47.6 Å². The van der Waals surface area contributed by atoms with E-state index in [0.29, 0.717) is 6.29 Å². The van der Waals surface area contributed by atoms with E-state index in [1.54, 1.807) is 0 Å². The number of carbonyl (C=O) groups is 2. The summed E-state index contributed by atoms with van der Waals surface area (Å²) in [5.74, 6) is 3.93. The number of aromatic hydroxyl groups is 1. The van der Waals surface area contributed by atoms with Gasteiger partial charge in [0.15, 0.2) is 17.2 Å².